The van der Waals surface area contributed by atoms with Gasteiger partial charge in [-0.25, -0.2) is 0 Å². The summed E-state index contributed by atoms with van der Waals surface area (Å²) in [7, 11) is 0. The summed E-state index contributed by atoms with van der Waals surface area (Å²) in [4.78, 5) is 0. The van der Waals surface area contributed by atoms with Gasteiger partial charge in [-0.2, -0.15) is 0 Å². The smallest absolute Gasteiger partial charge is 0.333 e. The highest BCUT2D eigenvalue weighted by molar-refractivity contribution is 6.92. The summed E-state index contributed by atoms with van der Waals surface area (Å²) >= 11 is 0. The fraction of sp³-hybridized carbons (Fsp3) is 0.0976. The predicted molar refractivity (Wildman–Crippen MR) is 375 cm³/mol. The maximum absolute atomic E-state index is 2.82. The summed E-state index contributed by atoms with van der Waals surface area (Å²) in [5, 5.41) is 7.82. The molecule has 4 aliphatic rings. The van der Waals surface area contributed by atoms with Crippen LogP contribution in [0.3, 0.4) is 0 Å². The van der Waals surface area contributed by atoms with Gasteiger partial charge in [-0.15, -0.1) is 0 Å². The number of benzene rings is 12. The molecule has 4 aromatic heterocycles. The van der Waals surface area contributed by atoms with E-state index < -0.39 is 0 Å². The first-order chi connectivity index (χ1) is 43.0. The second kappa shape index (κ2) is 16.8. The van der Waals surface area contributed by atoms with E-state index >= 15 is 0 Å². The van der Waals surface area contributed by atoms with E-state index in [0.717, 1.165) is 0 Å². The maximum atomic E-state index is 2.82. The topological polar surface area (TPSA) is 19.7 Å². The summed E-state index contributed by atoms with van der Waals surface area (Å²) in [5.41, 5.74) is 43.9. The second-order valence-electron chi connectivity index (χ2n) is 26.4. The lowest BCUT2D eigenvalue weighted by molar-refractivity contribution is 1.18. The van der Waals surface area contributed by atoms with Crippen LogP contribution in [0.15, 0.2) is 206 Å². The van der Waals surface area contributed by atoms with E-state index in [4.69, 9.17) is 0 Å². The molecule has 0 atom stereocenters. The van der Waals surface area contributed by atoms with Gasteiger partial charge in [0.05, 0.1) is 33.1 Å². The quantitative estimate of drug-likeness (QED) is 0.157. The van der Waals surface area contributed by atoms with Crippen molar-refractivity contribution in [1.29, 1.82) is 0 Å². The minimum Gasteiger partial charge on any atom is -0.374 e. The van der Waals surface area contributed by atoms with Crippen LogP contribution in [0.5, 0.6) is 0 Å². The number of aryl methyl sites for hydroxylation is 8. The molecule has 412 valence electrons. The molecular formula is C82H58B2N4. The number of fused-ring (bicyclic) bond motifs is 21. The van der Waals surface area contributed by atoms with Crippen molar-refractivity contribution in [2.75, 3.05) is 0 Å². The van der Waals surface area contributed by atoms with Gasteiger partial charge in [-0.1, -0.05) is 192 Å². The highest BCUT2D eigenvalue weighted by atomic mass is 15.1. The standard InChI is InChI=1S/C82H58B2N4/c1-43-23-27-47(5)61(35-43)51-39-65(63-37-45(3)25-29-49(63)7)73-57-33-31-53-55-15-13-17-59-77(55)87(83-67-19-9-11-21-69(67)85(71(73)41-51)79(57)75(53)83)81-60-18-14-16-56-54-32-34-58-74-66(64-38-46(4)26-30-50(64)8)40-52(62-36-44(2)24-28-48(62)6)42-72(74)86-70-22-12-10-20-68(70)84(76(54)80(58)86)88(78(56)60)82(59)81/h9-42H,1-8H3. The minimum atomic E-state index is -0.0993. The van der Waals surface area contributed by atoms with Crippen LogP contribution in [0.2, 0.25) is 0 Å². The van der Waals surface area contributed by atoms with Crippen LogP contribution >= 0.6 is 0 Å². The zero-order valence-electron chi connectivity index (χ0n) is 50.6. The Balaban J connectivity index is 0.906. The van der Waals surface area contributed by atoms with Gasteiger partial charge < -0.3 is 18.1 Å². The first kappa shape index (κ1) is 48.9. The van der Waals surface area contributed by atoms with Gasteiger partial charge in [0.1, 0.15) is 0 Å². The number of rotatable bonds is 4. The van der Waals surface area contributed by atoms with Crippen molar-refractivity contribution in [3.8, 4) is 78.1 Å². The van der Waals surface area contributed by atoms with Gasteiger partial charge >= 0.3 is 13.7 Å². The molecule has 16 aromatic rings. The molecule has 0 aliphatic carbocycles. The lowest BCUT2D eigenvalue weighted by Crippen LogP contribution is -2.55. The van der Waals surface area contributed by atoms with Gasteiger partial charge in [0.25, 0.3) is 0 Å². The number of hydrogen-bond acceptors (Lipinski definition) is 0. The summed E-state index contributed by atoms with van der Waals surface area (Å²) in [6, 6.07) is 80.9. The Labute approximate surface area is 511 Å². The molecular weight excluding hydrogens is 1060 g/mol. The predicted octanol–water partition coefficient (Wildman–Crippen LogP) is 18.0. The number of aromatic nitrogens is 4. The van der Waals surface area contributed by atoms with Crippen molar-refractivity contribution in [1.82, 2.24) is 18.1 Å². The molecule has 88 heavy (non-hydrogen) atoms. The molecule has 8 heterocycles. The lowest BCUT2D eigenvalue weighted by atomic mass is 9.45. The minimum absolute atomic E-state index is 0.0993. The van der Waals surface area contributed by atoms with E-state index in [-0.39, 0.29) is 13.7 Å². The third-order valence-electron chi connectivity index (χ3n) is 21.3. The molecule has 4 aliphatic heterocycles. The molecule has 0 saturated heterocycles. The van der Waals surface area contributed by atoms with Crippen LogP contribution < -0.4 is 21.9 Å². The highest BCUT2D eigenvalue weighted by Crippen LogP contribution is 2.52. The van der Waals surface area contributed by atoms with E-state index in [1.54, 1.807) is 0 Å². The van der Waals surface area contributed by atoms with Gasteiger partial charge in [0.2, 0.25) is 0 Å². The normalized spacial score (nSPS) is 13.2. The molecule has 0 radical (unpaired) electrons. The Morgan fingerprint density at radius 2 is 0.648 bits per heavy atom. The van der Waals surface area contributed by atoms with Crippen molar-refractivity contribution in [2.45, 2.75) is 55.4 Å². The van der Waals surface area contributed by atoms with Crippen LogP contribution in [0.4, 0.5) is 0 Å². The molecule has 0 N–H and O–H groups in total. The fourth-order valence-corrected chi connectivity index (χ4v) is 17.5. The van der Waals surface area contributed by atoms with E-state index in [2.05, 4.69) is 280 Å². The van der Waals surface area contributed by atoms with E-state index in [0.29, 0.717) is 0 Å². The zero-order chi connectivity index (χ0) is 58.6. The van der Waals surface area contributed by atoms with Crippen LogP contribution in [-0.2, 0) is 0 Å². The van der Waals surface area contributed by atoms with Crippen LogP contribution in [-0.4, -0.2) is 31.8 Å². The molecule has 12 aromatic carbocycles. The SMILES string of the molecule is Cc1ccc(C)c(-c2cc(-c3cc(C)ccc3C)c3c4ccc5c6c4n(c3c2)-c2ccccc2B6n2c3c-5cccc3c3c2c2cccc4c2n3B2c3ccccc3-n3c5cc(-c6cc(C)ccc6C)cc(-c6cc(C)ccc6C)c5c5ccc-4c2c53)c1. The first-order valence-corrected chi connectivity index (χ1v) is 31.4. The first-order valence-electron chi connectivity index (χ1n) is 31.4. The van der Waals surface area contributed by atoms with Crippen molar-refractivity contribution in [2.24, 2.45) is 0 Å². The molecule has 0 unspecified atom stereocenters. The summed E-state index contributed by atoms with van der Waals surface area (Å²) in [6.45, 7) is 17.8. The molecule has 0 spiro atoms. The fourth-order valence-electron chi connectivity index (χ4n) is 17.5. The highest BCUT2D eigenvalue weighted by Gasteiger charge is 2.47. The number of nitrogens with zero attached hydrogens (tertiary/aromatic N) is 4. The maximum Gasteiger partial charge on any atom is 0.333 e. The summed E-state index contributed by atoms with van der Waals surface area (Å²) in [6.07, 6.45) is 0. The average Bonchev–Trinajstić information content (AvgIpc) is 1.47. The van der Waals surface area contributed by atoms with Crippen LogP contribution in [0.1, 0.15) is 44.5 Å². The third kappa shape index (κ3) is 5.99. The van der Waals surface area contributed by atoms with Gasteiger partial charge in [0, 0.05) is 65.9 Å². The Morgan fingerprint density at radius 3 is 1.07 bits per heavy atom. The lowest BCUT2D eigenvalue weighted by Gasteiger charge is -2.34. The largest absolute Gasteiger partial charge is 0.374 e. The van der Waals surface area contributed by atoms with Crippen molar-refractivity contribution in [3.63, 3.8) is 0 Å². The molecule has 4 nitrogen and oxygen atoms in total. The van der Waals surface area contributed by atoms with Crippen molar-refractivity contribution < 1.29 is 0 Å². The Morgan fingerprint density at radius 1 is 0.261 bits per heavy atom. The Hall–Kier alpha value is -10.3. The average molecular weight is 1120 g/mol. The molecule has 0 amide bonds. The van der Waals surface area contributed by atoms with Gasteiger partial charge in [-0.05, 0) is 192 Å². The number of para-hydroxylation sites is 4. The van der Waals surface area contributed by atoms with E-state index in [9.17, 15) is 0 Å². The monoisotopic (exact) mass is 1120 g/mol. The summed E-state index contributed by atoms with van der Waals surface area (Å²) < 4.78 is 11.0. The van der Waals surface area contributed by atoms with Crippen molar-refractivity contribution in [3.05, 3.63) is 251 Å². The molecule has 0 saturated carbocycles. The number of hydrogen-bond donors (Lipinski definition) is 0. The van der Waals surface area contributed by atoms with E-state index in [1.807, 2.05) is 0 Å². The molecule has 20 rings (SSSR count). The molecule has 6 heteroatoms. The Kier molecular flexibility index (Phi) is 9.34. The second-order valence-corrected chi connectivity index (χ2v) is 26.4. The summed E-state index contributed by atoms with van der Waals surface area (Å²) in [5.74, 6) is 0. The van der Waals surface area contributed by atoms with Crippen molar-refractivity contribution >= 4 is 112 Å². The van der Waals surface area contributed by atoms with E-state index in [1.165, 1.54) is 221 Å². The van der Waals surface area contributed by atoms with Gasteiger partial charge in [-0.3, -0.25) is 0 Å². The van der Waals surface area contributed by atoms with Crippen LogP contribution in [0, 0.1) is 55.4 Å². The Bertz CT molecular complexity index is 5630. The zero-order valence-corrected chi connectivity index (χ0v) is 50.6. The molecule has 0 fully saturated rings. The van der Waals surface area contributed by atoms with Crippen LogP contribution in [0.25, 0.3) is 155 Å². The molecule has 0 bridgehead atoms. The van der Waals surface area contributed by atoms with Gasteiger partial charge in [0.15, 0.2) is 0 Å². The third-order valence-corrected chi connectivity index (χ3v) is 21.3.